The quantitative estimate of drug-likeness (QED) is 0.261. The van der Waals surface area contributed by atoms with Gasteiger partial charge in [-0.1, -0.05) is 41.6 Å². The van der Waals surface area contributed by atoms with E-state index in [2.05, 4.69) is 37.1 Å². The van der Waals surface area contributed by atoms with Crippen LogP contribution >= 0.6 is 22.9 Å². The summed E-state index contributed by atoms with van der Waals surface area (Å²) in [6.07, 6.45) is 4.28. The van der Waals surface area contributed by atoms with Gasteiger partial charge in [-0.05, 0) is 30.7 Å². The van der Waals surface area contributed by atoms with Gasteiger partial charge in [0.2, 0.25) is 5.91 Å². The van der Waals surface area contributed by atoms with Gasteiger partial charge in [-0.15, -0.1) is 0 Å². The van der Waals surface area contributed by atoms with E-state index in [0.29, 0.717) is 64.1 Å². The number of carbonyl (C=O) groups excluding carboxylic acids is 2. The number of hydrogen-bond donors (Lipinski definition) is 2. The summed E-state index contributed by atoms with van der Waals surface area (Å²) in [4.78, 5) is 42.5. The molecule has 2 aliphatic heterocycles. The Morgan fingerprint density at radius 2 is 2.09 bits per heavy atom. The van der Waals surface area contributed by atoms with E-state index in [1.165, 1.54) is 31.6 Å². The van der Waals surface area contributed by atoms with E-state index in [1.807, 2.05) is 13.0 Å². The number of methoxy groups -OCH3 is 1. The maximum Gasteiger partial charge on any atom is 0.267 e. The molecular formula is C30H27ClFN7O4S. The van der Waals surface area contributed by atoms with Crippen LogP contribution in [0.2, 0.25) is 5.02 Å². The number of hydrogen-bond acceptors (Lipinski definition) is 10. The molecule has 2 amide bonds. The highest BCUT2D eigenvalue weighted by molar-refractivity contribution is 7.17. The van der Waals surface area contributed by atoms with Gasteiger partial charge in [0.05, 0.1) is 30.1 Å². The summed E-state index contributed by atoms with van der Waals surface area (Å²) in [7, 11) is 1.40. The zero-order valence-corrected chi connectivity index (χ0v) is 25.3. The summed E-state index contributed by atoms with van der Waals surface area (Å²) in [5, 5.41) is 6.64. The number of ether oxygens (including phenoxy) is 2. The van der Waals surface area contributed by atoms with Crippen LogP contribution in [0.4, 0.5) is 26.8 Å². The van der Waals surface area contributed by atoms with Crippen LogP contribution in [0.1, 0.15) is 15.2 Å². The van der Waals surface area contributed by atoms with Gasteiger partial charge in [0.15, 0.2) is 34.1 Å². The van der Waals surface area contributed by atoms with Gasteiger partial charge < -0.3 is 29.9 Å². The van der Waals surface area contributed by atoms with E-state index in [9.17, 15) is 9.59 Å². The number of rotatable bonds is 7. The van der Waals surface area contributed by atoms with Crippen LogP contribution in [0.15, 0.2) is 55.4 Å². The standard InChI is InChI=1S/C30H27ClFN7O4S/c1-4-24(40)38-8-9-39-18(14-38)15-43-22-10-17(12-33-28(22)39)26-20(32)11-21(42-3)27(35-26)37-30-34-13-23(44-30)29(41)36-25-16(2)6-5-7-19(25)31/h4-7,10-13,18H,1,8-9,14-15H2,2-3H3,(H,36,41)(H,34,35,37)/t18-/m0/s1. The smallest absolute Gasteiger partial charge is 0.267 e. The van der Waals surface area contributed by atoms with Gasteiger partial charge in [-0.25, -0.2) is 19.3 Å². The number of pyridine rings is 2. The Balaban J connectivity index is 1.22. The van der Waals surface area contributed by atoms with Gasteiger partial charge in [0.1, 0.15) is 17.2 Å². The van der Waals surface area contributed by atoms with Crippen molar-refractivity contribution >= 4 is 57.2 Å². The minimum atomic E-state index is -0.617. The lowest BCUT2D eigenvalue weighted by Crippen LogP contribution is -2.58. The van der Waals surface area contributed by atoms with Gasteiger partial charge >= 0.3 is 0 Å². The highest BCUT2D eigenvalue weighted by Crippen LogP contribution is 2.38. The van der Waals surface area contributed by atoms with Crippen LogP contribution in [0.5, 0.6) is 11.5 Å². The van der Waals surface area contributed by atoms with Crippen molar-refractivity contribution in [3.63, 3.8) is 0 Å². The lowest BCUT2D eigenvalue weighted by molar-refractivity contribution is -0.127. The third-order valence-electron chi connectivity index (χ3n) is 7.35. The molecule has 0 spiro atoms. The number of para-hydroxylation sites is 1. The van der Waals surface area contributed by atoms with Crippen LogP contribution in [-0.4, -0.2) is 71.1 Å². The molecule has 2 N–H and O–H groups in total. The molecule has 1 atom stereocenters. The fourth-order valence-corrected chi connectivity index (χ4v) is 6.08. The van der Waals surface area contributed by atoms with Crippen LogP contribution in [0.25, 0.3) is 11.3 Å². The second-order valence-corrected chi connectivity index (χ2v) is 11.5. The van der Waals surface area contributed by atoms with Gasteiger partial charge in [0.25, 0.3) is 5.91 Å². The number of nitrogens with one attached hydrogen (secondary N) is 2. The molecule has 6 rings (SSSR count). The van der Waals surface area contributed by atoms with Crippen LogP contribution < -0.4 is 25.0 Å². The molecule has 1 aromatic carbocycles. The van der Waals surface area contributed by atoms with E-state index < -0.39 is 5.82 Å². The SMILES string of the molecule is C=CC(=O)N1CCN2c3ncc(-c4nc(Nc5ncc(C(=O)Nc6c(C)cccc6Cl)s5)c(OC)cc4F)cc3OC[C@@H]2C1. The molecule has 44 heavy (non-hydrogen) atoms. The predicted octanol–water partition coefficient (Wildman–Crippen LogP) is 5.30. The number of aryl methyl sites for hydroxylation is 1. The first-order chi connectivity index (χ1) is 21.2. The summed E-state index contributed by atoms with van der Waals surface area (Å²) in [5.74, 6) is 0.372. The van der Waals surface area contributed by atoms with Gasteiger partial charge in [0, 0.05) is 37.5 Å². The van der Waals surface area contributed by atoms with E-state index >= 15 is 4.39 Å². The number of halogens is 2. The lowest BCUT2D eigenvalue weighted by atomic mass is 10.1. The van der Waals surface area contributed by atoms with Gasteiger partial charge in [-0.2, -0.15) is 0 Å². The molecule has 0 unspecified atom stereocenters. The molecule has 0 bridgehead atoms. The van der Waals surface area contributed by atoms with E-state index in [0.717, 1.165) is 16.9 Å². The predicted molar refractivity (Wildman–Crippen MR) is 167 cm³/mol. The van der Waals surface area contributed by atoms with Crippen molar-refractivity contribution in [2.75, 3.05) is 48.9 Å². The molecule has 4 aromatic rings. The highest BCUT2D eigenvalue weighted by atomic mass is 35.5. The van der Waals surface area contributed by atoms with Crippen molar-refractivity contribution in [1.82, 2.24) is 19.9 Å². The highest BCUT2D eigenvalue weighted by Gasteiger charge is 2.35. The number of anilines is 4. The zero-order chi connectivity index (χ0) is 31.0. The molecular weight excluding hydrogens is 609 g/mol. The van der Waals surface area contributed by atoms with Crippen LogP contribution in [-0.2, 0) is 4.79 Å². The third-order valence-corrected chi connectivity index (χ3v) is 8.58. The van der Waals surface area contributed by atoms with Crippen LogP contribution in [0.3, 0.4) is 0 Å². The van der Waals surface area contributed by atoms with Gasteiger partial charge in [-0.3, -0.25) is 9.59 Å². The average molecular weight is 636 g/mol. The Morgan fingerprint density at radius 3 is 2.86 bits per heavy atom. The summed E-state index contributed by atoms with van der Waals surface area (Å²) in [5.41, 5.74) is 1.78. The fraction of sp³-hybridized carbons (Fsp3) is 0.233. The van der Waals surface area contributed by atoms with Crippen molar-refractivity contribution in [1.29, 1.82) is 0 Å². The second kappa shape index (κ2) is 12.1. The molecule has 14 heteroatoms. The molecule has 226 valence electrons. The minimum absolute atomic E-state index is 0.0273. The minimum Gasteiger partial charge on any atom is -0.493 e. The number of piperazine rings is 1. The number of benzene rings is 1. The number of fused-ring (bicyclic) bond motifs is 3. The Hall–Kier alpha value is -4.75. The molecule has 1 saturated heterocycles. The Labute approximate surface area is 261 Å². The van der Waals surface area contributed by atoms with E-state index in [1.54, 1.807) is 23.1 Å². The molecule has 0 radical (unpaired) electrons. The third kappa shape index (κ3) is 5.63. The number of amides is 2. The van der Waals surface area contributed by atoms with E-state index in [4.69, 9.17) is 21.1 Å². The molecule has 1 fully saturated rings. The maximum absolute atomic E-state index is 15.3. The Bertz CT molecular complexity index is 1760. The first kappa shape index (κ1) is 29.3. The fourth-order valence-electron chi connectivity index (χ4n) is 5.10. The summed E-state index contributed by atoms with van der Waals surface area (Å²) in [6.45, 7) is 7.38. The molecule has 5 heterocycles. The molecule has 0 aliphatic carbocycles. The van der Waals surface area contributed by atoms with Crippen molar-refractivity contribution in [3.8, 4) is 22.8 Å². The maximum atomic E-state index is 15.3. The second-order valence-electron chi connectivity index (χ2n) is 10.1. The first-order valence-electron chi connectivity index (χ1n) is 13.6. The molecule has 0 saturated carbocycles. The number of aromatic nitrogens is 3. The normalized spacial score (nSPS) is 15.5. The largest absolute Gasteiger partial charge is 0.493 e. The Kier molecular flexibility index (Phi) is 8.06. The van der Waals surface area contributed by atoms with Crippen LogP contribution in [0, 0.1) is 12.7 Å². The van der Waals surface area contributed by atoms with Crippen molar-refractivity contribution < 1.29 is 23.5 Å². The van der Waals surface area contributed by atoms with Crippen molar-refractivity contribution in [2.24, 2.45) is 0 Å². The lowest BCUT2D eigenvalue weighted by Gasteiger charge is -2.44. The average Bonchev–Trinajstić information content (AvgIpc) is 3.51. The Morgan fingerprint density at radius 1 is 1.25 bits per heavy atom. The first-order valence-corrected chi connectivity index (χ1v) is 14.8. The van der Waals surface area contributed by atoms with Crippen molar-refractivity contribution in [3.05, 3.63) is 76.7 Å². The summed E-state index contributed by atoms with van der Waals surface area (Å²) in [6, 6.07) is 8.22. The zero-order valence-electron chi connectivity index (χ0n) is 23.8. The van der Waals surface area contributed by atoms with Crippen molar-refractivity contribution in [2.45, 2.75) is 13.0 Å². The number of carbonyl (C=O) groups is 2. The van der Waals surface area contributed by atoms with E-state index in [-0.39, 0.29) is 35.1 Å². The number of nitrogens with zero attached hydrogens (tertiary/aromatic N) is 5. The summed E-state index contributed by atoms with van der Waals surface area (Å²) >= 11 is 7.34. The molecule has 2 aliphatic rings. The summed E-state index contributed by atoms with van der Waals surface area (Å²) < 4.78 is 26.7. The number of thiazole rings is 1. The monoisotopic (exact) mass is 635 g/mol. The molecule has 3 aromatic heterocycles. The topological polar surface area (TPSA) is 122 Å². The molecule has 11 nitrogen and oxygen atoms in total.